The summed E-state index contributed by atoms with van der Waals surface area (Å²) in [6, 6.07) is 6.27. The van der Waals surface area contributed by atoms with Gasteiger partial charge in [0.1, 0.15) is 0 Å². The number of nitrogens with zero attached hydrogens (tertiary/aromatic N) is 1. The second-order valence-corrected chi connectivity index (χ2v) is 6.73. The number of hydrogen-bond acceptors (Lipinski definition) is 3. The molecule has 122 valence electrons. The highest BCUT2D eigenvalue weighted by molar-refractivity contribution is 9.10. The van der Waals surface area contributed by atoms with Crippen molar-refractivity contribution in [3.63, 3.8) is 0 Å². The molecule has 0 aliphatic carbocycles. The standard InChI is InChI=1S/C17H26BrN3O/c1-14-13-15(3-5-16(14)18)4-6-17(22)20-7-2-10-21-11-8-19-9-12-21/h3,5,13,19H,2,4,6-12H2,1H3,(H,20,22). The molecule has 0 atom stereocenters. The molecule has 0 radical (unpaired) electrons. The Morgan fingerprint density at radius 2 is 2.14 bits per heavy atom. The molecule has 0 spiro atoms. The van der Waals surface area contributed by atoms with Gasteiger partial charge in [0, 0.05) is 43.6 Å². The maximum Gasteiger partial charge on any atom is 0.220 e. The van der Waals surface area contributed by atoms with E-state index in [1.807, 2.05) is 0 Å². The van der Waals surface area contributed by atoms with E-state index in [-0.39, 0.29) is 5.91 Å². The van der Waals surface area contributed by atoms with Gasteiger partial charge in [-0.15, -0.1) is 0 Å². The van der Waals surface area contributed by atoms with Gasteiger partial charge in [-0.3, -0.25) is 4.79 Å². The summed E-state index contributed by atoms with van der Waals surface area (Å²) in [6.45, 7) is 8.34. The molecule has 1 fully saturated rings. The number of carbonyl (C=O) groups excluding carboxylic acids is 1. The summed E-state index contributed by atoms with van der Waals surface area (Å²) in [5.41, 5.74) is 2.44. The van der Waals surface area contributed by atoms with Gasteiger partial charge in [-0.2, -0.15) is 0 Å². The van der Waals surface area contributed by atoms with Crippen molar-refractivity contribution in [1.82, 2.24) is 15.5 Å². The molecule has 2 N–H and O–H groups in total. The van der Waals surface area contributed by atoms with E-state index in [4.69, 9.17) is 0 Å². The number of benzene rings is 1. The van der Waals surface area contributed by atoms with Crippen LogP contribution in [-0.4, -0.2) is 50.1 Å². The van der Waals surface area contributed by atoms with Gasteiger partial charge in [0.2, 0.25) is 5.91 Å². The molecular weight excluding hydrogens is 342 g/mol. The Hall–Kier alpha value is -0.910. The van der Waals surface area contributed by atoms with Crippen LogP contribution in [0.2, 0.25) is 0 Å². The smallest absolute Gasteiger partial charge is 0.220 e. The Kier molecular flexibility index (Phi) is 7.36. The molecule has 0 aromatic heterocycles. The van der Waals surface area contributed by atoms with Crippen LogP contribution in [0.3, 0.4) is 0 Å². The molecule has 1 aliphatic rings. The molecule has 1 heterocycles. The molecule has 0 saturated carbocycles. The fourth-order valence-corrected chi connectivity index (χ4v) is 2.92. The first-order valence-corrected chi connectivity index (χ1v) is 8.89. The van der Waals surface area contributed by atoms with E-state index in [2.05, 4.69) is 56.6 Å². The number of halogens is 1. The van der Waals surface area contributed by atoms with Crippen molar-refractivity contribution >= 4 is 21.8 Å². The van der Waals surface area contributed by atoms with Gasteiger partial charge < -0.3 is 15.5 Å². The highest BCUT2D eigenvalue weighted by Crippen LogP contribution is 2.17. The van der Waals surface area contributed by atoms with Crippen LogP contribution < -0.4 is 10.6 Å². The van der Waals surface area contributed by atoms with Crippen molar-refractivity contribution in [2.45, 2.75) is 26.2 Å². The average Bonchev–Trinajstić information content (AvgIpc) is 2.54. The molecule has 0 bridgehead atoms. The zero-order valence-corrected chi connectivity index (χ0v) is 14.9. The zero-order valence-electron chi connectivity index (χ0n) is 13.3. The van der Waals surface area contributed by atoms with E-state index in [0.717, 1.165) is 56.6 Å². The molecule has 5 heteroatoms. The number of hydrogen-bond donors (Lipinski definition) is 2. The summed E-state index contributed by atoms with van der Waals surface area (Å²) in [7, 11) is 0. The van der Waals surface area contributed by atoms with Gasteiger partial charge in [-0.05, 0) is 43.5 Å². The lowest BCUT2D eigenvalue weighted by Gasteiger charge is -2.27. The van der Waals surface area contributed by atoms with Crippen LogP contribution in [0.1, 0.15) is 24.0 Å². The first-order chi connectivity index (χ1) is 10.6. The summed E-state index contributed by atoms with van der Waals surface area (Å²) in [6.07, 6.45) is 2.40. The Labute approximate surface area is 141 Å². The van der Waals surface area contributed by atoms with E-state index in [1.54, 1.807) is 0 Å². The fourth-order valence-electron chi connectivity index (χ4n) is 2.67. The zero-order chi connectivity index (χ0) is 15.8. The molecule has 1 aliphatic heterocycles. The molecule has 2 rings (SSSR count). The maximum atomic E-state index is 11.9. The lowest BCUT2D eigenvalue weighted by atomic mass is 10.1. The third kappa shape index (κ3) is 6.07. The first-order valence-electron chi connectivity index (χ1n) is 8.10. The predicted molar refractivity (Wildman–Crippen MR) is 94.1 cm³/mol. The van der Waals surface area contributed by atoms with Crippen LogP contribution in [0.25, 0.3) is 0 Å². The highest BCUT2D eigenvalue weighted by atomic mass is 79.9. The largest absolute Gasteiger partial charge is 0.356 e. The topological polar surface area (TPSA) is 44.4 Å². The molecule has 4 nitrogen and oxygen atoms in total. The molecule has 1 aromatic rings. The summed E-state index contributed by atoms with van der Waals surface area (Å²) >= 11 is 3.50. The SMILES string of the molecule is Cc1cc(CCC(=O)NCCCN2CCNCC2)ccc1Br. The van der Waals surface area contributed by atoms with Gasteiger partial charge in [0.15, 0.2) is 0 Å². The minimum atomic E-state index is 0.154. The van der Waals surface area contributed by atoms with Crippen molar-refractivity contribution in [3.8, 4) is 0 Å². The van der Waals surface area contributed by atoms with Crippen molar-refractivity contribution < 1.29 is 4.79 Å². The number of nitrogens with one attached hydrogen (secondary N) is 2. The van der Waals surface area contributed by atoms with Crippen LogP contribution in [-0.2, 0) is 11.2 Å². The second kappa shape index (κ2) is 9.28. The Morgan fingerprint density at radius 1 is 1.36 bits per heavy atom. The summed E-state index contributed by atoms with van der Waals surface area (Å²) < 4.78 is 1.12. The van der Waals surface area contributed by atoms with Crippen LogP contribution in [0.15, 0.2) is 22.7 Å². The molecule has 0 unspecified atom stereocenters. The third-order valence-corrected chi connectivity index (χ3v) is 4.94. The Morgan fingerprint density at radius 3 is 2.86 bits per heavy atom. The number of carbonyl (C=O) groups is 1. The van der Waals surface area contributed by atoms with Gasteiger partial charge in [-0.1, -0.05) is 28.1 Å². The van der Waals surface area contributed by atoms with Gasteiger partial charge >= 0.3 is 0 Å². The quantitative estimate of drug-likeness (QED) is 0.725. The fraction of sp³-hybridized carbons (Fsp3) is 0.588. The minimum absolute atomic E-state index is 0.154. The van der Waals surface area contributed by atoms with E-state index in [9.17, 15) is 4.79 Å². The number of amides is 1. The maximum absolute atomic E-state index is 11.9. The first kappa shape index (κ1) is 17.4. The van der Waals surface area contributed by atoms with E-state index < -0.39 is 0 Å². The predicted octanol–water partition coefficient (Wildman–Crippen LogP) is 2.10. The normalized spacial score (nSPS) is 15.7. The van der Waals surface area contributed by atoms with E-state index >= 15 is 0 Å². The van der Waals surface area contributed by atoms with Crippen LogP contribution >= 0.6 is 15.9 Å². The monoisotopic (exact) mass is 367 g/mol. The number of rotatable bonds is 7. The van der Waals surface area contributed by atoms with Crippen molar-refractivity contribution in [2.24, 2.45) is 0 Å². The molecule has 1 saturated heterocycles. The molecule has 22 heavy (non-hydrogen) atoms. The van der Waals surface area contributed by atoms with Gasteiger partial charge in [0.05, 0.1) is 0 Å². The van der Waals surface area contributed by atoms with Crippen LogP contribution in [0.4, 0.5) is 0 Å². The van der Waals surface area contributed by atoms with E-state index in [0.29, 0.717) is 6.42 Å². The van der Waals surface area contributed by atoms with Crippen molar-refractivity contribution in [3.05, 3.63) is 33.8 Å². The minimum Gasteiger partial charge on any atom is -0.356 e. The van der Waals surface area contributed by atoms with Gasteiger partial charge in [0.25, 0.3) is 0 Å². The molecule has 1 aromatic carbocycles. The van der Waals surface area contributed by atoms with Crippen LogP contribution in [0.5, 0.6) is 0 Å². The Balaban J connectivity index is 1.58. The number of piperazine rings is 1. The van der Waals surface area contributed by atoms with Gasteiger partial charge in [-0.25, -0.2) is 0 Å². The van der Waals surface area contributed by atoms with Crippen molar-refractivity contribution in [2.75, 3.05) is 39.3 Å². The lowest BCUT2D eigenvalue weighted by molar-refractivity contribution is -0.121. The summed E-state index contributed by atoms with van der Waals surface area (Å²) in [4.78, 5) is 14.3. The van der Waals surface area contributed by atoms with E-state index in [1.165, 1.54) is 11.1 Å². The van der Waals surface area contributed by atoms with Crippen molar-refractivity contribution in [1.29, 1.82) is 0 Å². The summed E-state index contributed by atoms with van der Waals surface area (Å²) in [5, 5.41) is 6.38. The molecular formula is C17H26BrN3O. The lowest BCUT2D eigenvalue weighted by Crippen LogP contribution is -2.44. The van der Waals surface area contributed by atoms with Crippen LogP contribution in [0, 0.1) is 6.92 Å². The summed E-state index contributed by atoms with van der Waals surface area (Å²) in [5.74, 6) is 0.154. The molecule has 1 amide bonds. The Bertz CT molecular complexity index is 487. The third-order valence-electron chi connectivity index (χ3n) is 4.05. The average molecular weight is 368 g/mol. The highest BCUT2D eigenvalue weighted by Gasteiger charge is 2.09. The second-order valence-electron chi connectivity index (χ2n) is 5.88. The number of aryl methyl sites for hydroxylation is 2.